The molecular weight excluding hydrogens is 440 g/mol. The molecule has 0 radical (unpaired) electrons. The highest BCUT2D eigenvalue weighted by molar-refractivity contribution is 7.89. The van der Waals surface area contributed by atoms with Gasteiger partial charge in [-0.3, -0.25) is 9.59 Å². The van der Waals surface area contributed by atoms with E-state index in [0.29, 0.717) is 25.3 Å². The second-order valence-electron chi connectivity index (χ2n) is 9.22. The molecule has 2 aliphatic rings. The lowest BCUT2D eigenvalue weighted by Crippen LogP contribution is -2.41. The van der Waals surface area contributed by atoms with E-state index in [1.54, 1.807) is 12.1 Å². The first-order chi connectivity index (χ1) is 15.8. The molecule has 1 N–H and O–H groups in total. The van der Waals surface area contributed by atoms with E-state index in [4.69, 9.17) is 4.74 Å². The van der Waals surface area contributed by atoms with E-state index < -0.39 is 16.0 Å². The Labute approximate surface area is 197 Å². The molecule has 3 rings (SSSR count). The van der Waals surface area contributed by atoms with Gasteiger partial charge in [0.15, 0.2) is 6.61 Å². The second kappa shape index (κ2) is 11.8. The minimum absolute atomic E-state index is 0.259. The van der Waals surface area contributed by atoms with Crippen LogP contribution >= 0.6 is 0 Å². The van der Waals surface area contributed by atoms with E-state index in [1.165, 1.54) is 22.7 Å². The van der Waals surface area contributed by atoms with Crippen molar-refractivity contribution in [3.8, 4) is 0 Å². The van der Waals surface area contributed by atoms with Crippen molar-refractivity contribution in [2.24, 2.45) is 5.92 Å². The van der Waals surface area contributed by atoms with Gasteiger partial charge in [-0.2, -0.15) is 4.31 Å². The maximum atomic E-state index is 12.9. The predicted octanol–water partition coefficient (Wildman–Crippen LogP) is 3.76. The van der Waals surface area contributed by atoms with Crippen LogP contribution in [0.25, 0.3) is 0 Å². The van der Waals surface area contributed by atoms with Crippen molar-refractivity contribution in [2.45, 2.75) is 69.6 Å². The monoisotopic (exact) mass is 476 g/mol. The zero-order valence-electron chi connectivity index (χ0n) is 19.7. The molecule has 1 saturated heterocycles. The molecule has 1 aliphatic carbocycles. The predicted molar refractivity (Wildman–Crippen MR) is 127 cm³/mol. The fourth-order valence-corrected chi connectivity index (χ4v) is 5.78. The molecule has 7 nitrogen and oxygen atoms in total. The SMILES string of the molecule is CC(C)c1ccc(S(=O)(=O)N2CCC(C(=O)OCC(=O)NCCC3=CCCCC3)CC2)cc1. The van der Waals surface area contributed by atoms with Crippen molar-refractivity contribution in [3.05, 3.63) is 41.5 Å². The third-order valence-corrected chi connectivity index (χ3v) is 8.38. The number of sulfonamides is 1. The largest absolute Gasteiger partial charge is 0.455 e. The standard InChI is InChI=1S/C25H36N2O5S/c1-19(2)21-8-10-23(11-9-21)33(30,31)27-16-13-22(14-17-27)25(29)32-18-24(28)26-15-12-20-6-4-3-5-7-20/h6,8-11,19,22H,3-5,7,12-18H2,1-2H3,(H,26,28). The number of esters is 1. The summed E-state index contributed by atoms with van der Waals surface area (Å²) in [6.45, 7) is 4.90. The van der Waals surface area contributed by atoms with Crippen LogP contribution in [-0.2, 0) is 24.3 Å². The van der Waals surface area contributed by atoms with Crippen LogP contribution in [0.4, 0.5) is 0 Å². The van der Waals surface area contributed by atoms with Gasteiger partial charge < -0.3 is 10.1 Å². The maximum absolute atomic E-state index is 12.9. The van der Waals surface area contributed by atoms with Crippen molar-refractivity contribution in [1.82, 2.24) is 9.62 Å². The fourth-order valence-electron chi connectivity index (χ4n) is 4.31. The molecule has 1 aliphatic heterocycles. The van der Waals surface area contributed by atoms with Gasteiger partial charge in [0.1, 0.15) is 0 Å². The summed E-state index contributed by atoms with van der Waals surface area (Å²) in [5.74, 6) is -0.789. The highest BCUT2D eigenvalue weighted by Gasteiger charge is 2.33. The zero-order chi connectivity index (χ0) is 23.8. The normalized spacial score (nSPS) is 18.1. The smallest absolute Gasteiger partial charge is 0.309 e. The second-order valence-corrected chi connectivity index (χ2v) is 11.2. The van der Waals surface area contributed by atoms with Gasteiger partial charge in [0.25, 0.3) is 5.91 Å². The number of benzene rings is 1. The first kappa shape index (κ1) is 25.4. The molecule has 33 heavy (non-hydrogen) atoms. The summed E-state index contributed by atoms with van der Waals surface area (Å²) in [6, 6.07) is 6.99. The van der Waals surface area contributed by atoms with E-state index in [2.05, 4.69) is 25.2 Å². The molecule has 0 saturated carbocycles. The molecule has 0 bridgehead atoms. The third kappa shape index (κ3) is 7.14. The Morgan fingerprint density at radius 2 is 1.82 bits per heavy atom. The van der Waals surface area contributed by atoms with Gasteiger partial charge >= 0.3 is 5.97 Å². The summed E-state index contributed by atoms with van der Waals surface area (Å²) in [6.07, 6.45) is 8.53. The van der Waals surface area contributed by atoms with Crippen molar-refractivity contribution in [1.29, 1.82) is 0 Å². The number of rotatable bonds is 9. The summed E-state index contributed by atoms with van der Waals surface area (Å²) in [4.78, 5) is 24.6. The molecule has 0 atom stereocenters. The average molecular weight is 477 g/mol. The van der Waals surface area contributed by atoms with Crippen LogP contribution in [0.5, 0.6) is 0 Å². The number of nitrogens with one attached hydrogen (secondary N) is 1. The Balaban J connectivity index is 1.40. The number of hydrogen-bond acceptors (Lipinski definition) is 5. The summed E-state index contributed by atoms with van der Waals surface area (Å²) in [5.41, 5.74) is 2.47. The maximum Gasteiger partial charge on any atom is 0.309 e. The lowest BCUT2D eigenvalue weighted by atomic mass is 9.97. The lowest BCUT2D eigenvalue weighted by Gasteiger charge is -2.30. The molecule has 0 aromatic heterocycles. The van der Waals surface area contributed by atoms with Gasteiger partial charge in [0, 0.05) is 19.6 Å². The number of allylic oxidation sites excluding steroid dienone is 1. The van der Waals surface area contributed by atoms with Gasteiger partial charge in [-0.25, -0.2) is 8.42 Å². The van der Waals surface area contributed by atoms with Crippen molar-refractivity contribution in [2.75, 3.05) is 26.2 Å². The summed E-state index contributed by atoms with van der Waals surface area (Å²) in [5, 5.41) is 2.80. The minimum atomic E-state index is -3.59. The Morgan fingerprint density at radius 3 is 2.42 bits per heavy atom. The van der Waals surface area contributed by atoms with E-state index in [9.17, 15) is 18.0 Å². The van der Waals surface area contributed by atoms with E-state index in [-0.39, 0.29) is 36.4 Å². The van der Waals surface area contributed by atoms with Gasteiger partial charge in [-0.1, -0.05) is 37.6 Å². The Morgan fingerprint density at radius 1 is 1.12 bits per heavy atom. The minimum Gasteiger partial charge on any atom is -0.455 e. The number of carbonyl (C=O) groups is 2. The molecular formula is C25H36N2O5S. The fraction of sp³-hybridized carbons (Fsp3) is 0.600. The topological polar surface area (TPSA) is 92.8 Å². The first-order valence-corrected chi connectivity index (χ1v) is 13.4. The third-order valence-electron chi connectivity index (χ3n) is 6.47. The number of ether oxygens (including phenoxy) is 1. The number of carbonyl (C=O) groups excluding carboxylic acids is 2. The lowest BCUT2D eigenvalue weighted by molar-refractivity contribution is -0.153. The molecule has 1 fully saturated rings. The number of nitrogens with zero attached hydrogens (tertiary/aromatic N) is 1. The van der Waals surface area contributed by atoms with Gasteiger partial charge in [0.2, 0.25) is 10.0 Å². The van der Waals surface area contributed by atoms with Crippen molar-refractivity contribution in [3.63, 3.8) is 0 Å². The van der Waals surface area contributed by atoms with Crippen LogP contribution in [0.3, 0.4) is 0 Å². The molecule has 1 aromatic rings. The number of amides is 1. The number of hydrogen-bond donors (Lipinski definition) is 1. The molecule has 8 heteroatoms. The molecule has 0 unspecified atom stereocenters. The Hall–Kier alpha value is -2.19. The summed E-state index contributed by atoms with van der Waals surface area (Å²) in [7, 11) is -3.59. The van der Waals surface area contributed by atoms with Crippen LogP contribution < -0.4 is 5.32 Å². The molecule has 1 amide bonds. The van der Waals surface area contributed by atoms with Crippen LogP contribution in [0.15, 0.2) is 40.8 Å². The molecule has 1 aromatic carbocycles. The van der Waals surface area contributed by atoms with E-state index in [1.807, 2.05) is 12.1 Å². The summed E-state index contributed by atoms with van der Waals surface area (Å²) < 4.78 is 32.5. The Bertz CT molecular complexity index is 946. The van der Waals surface area contributed by atoms with E-state index in [0.717, 1.165) is 24.8 Å². The van der Waals surface area contributed by atoms with Crippen LogP contribution in [-0.4, -0.2) is 50.8 Å². The quantitative estimate of drug-likeness (QED) is 0.433. The van der Waals surface area contributed by atoms with Crippen LogP contribution in [0.2, 0.25) is 0 Å². The highest BCUT2D eigenvalue weighted by atomic mass is 32.2. The summed E-state index contributed by atoms with van der Waals surface area (Å²) >= 11 is 0. The zero-order valence-corrected chi connectivity index (χ0v) is 20.5. The highest BCUT2D eigenvalue weighted by Crippen LogP contribution is 2.26. The van der Waals surface area contributed by atoms with Crippen LogP contribution in [0.1, 0.15) is 70.3 Å². The molecule has 0 spiro atoms. The Kier molecular flexibility index (Phi) is 9.09. The van der Waals surface area contributed by atoms with E-state index >= 15 is 0 Å². The average Bonchev–Trinajstić information content (AvgIpc) is 2.83. The van der Waals surface area contributed by atoms with Crippen molar-refractivity contribution < 1.29 is 22.7 Å². The van der Waals surface area contributed by atoms with Gasteiger partial charge in [-0.05, 0) is 68.6 Å². The molecule has 1 heterocycles. The molecule has 182 valence electrons. The number of piperidine rings is 1. The first-order valence-electron chi connectivity index (χ1n) is 12.0. The van der Waals surface area contributed by atoms with Gasteiger partial charge in [-0.15, -0.1) is 0 Å². The van der Waals surface area contributed by atoms with Crippen LogP contribution in [0, 0.1) is 5.92 Å². The van der Waals surface area contributed by atoms with Gasteiger partial charge in [0.05, 0.1) is 10.8 Å². The van der Waals surface area contributed by atoms with Crippen molar-refractivity contribution >= 4 is 21.9 Å².